The van der Waals surface area contributed by atoms with Gasteiger partial charge >= 0.3 is 0 Å². The Balaban J connectivity index is 1.70. The lowest BCUT2D eigenvalue weighted by Crippen LogP contribution is -2.34. The van der Waals surface area contributed by atoms with E-state index in [1.807, 2.05) is 0 Å². The fraction of sp³-hybridized carbons (Fsp3) is 0.351. The number of nitrogens with zero attached hydrogens (tertiary/aromatic N) is 4. The maximum Gasteiger partial charge on any atom is 0.290 e. The molecule has 2 unspecified atom stereocenters. The van der Waals surface area contributed by atoms with E-state index in [2.05, 4.69) is 37.0 Å². The summed E-state index contributed by atoms with van der Waals surface area (Å²) in [7, 11) is 1.58. The zero-order valence-electron chi connectivity index (χ0n) is 30.2. The minimum Gasteiger partial charge on any atom is -0.593 e. The Hall–Kier alpha value is -4.83. The van der Waals surface area contributed by atoms with Crippen molar-refractivity contribution in [2.24, 2.45) is 23.7 Å². The van der Waals surface area contributed by atoms with Gasteiger partial charge in [-0.1, -0.05) is 30.5 Å². The summed E-state index contributed by atoms with van der Waals surface area (Å²) in [5.41, 5.74) is 1.72. The summed E-state index contributed by atoms with van der Waals surface area (Å²) in [4.78, 5) is 22.0. The third kappa shape index (κ3) is 9.40. The number of alkyl halides is 5. The van der Waals surface area contributed by atoms with E-state index in [0.29, 0.717) is 22.5 Å². The molecule has 1 aliphatic rings. The number of aryl methyl sites for hydroxylation is 1. The fourth-order valence-corrected chi connectivity index (χ4v) is 7.05. The minimum atomic E-state index is -3.68. The summed E-state index contributed by atoms with van der Waals surface area (Å²) in [5.74, 6) is -2.59. The molecule has 298 valence electrons. The number of aromatic nitrogens is 3. The SMILES string of the molecule is C[C@H]1CC(F)(F)C(=NCC(=O)N[C@@H](Cc2cc(F)cc(F)c2)c2nc(C#CC(C)(O)CF)ccc2-c2ccc(Cl)c3c(N[S+](C)[O-])nn(C)c23)C1=C(N)C(F)F. The van der Waals surface area contributed by atoms with Gasteiger partial charge in [-0.3, -0.25) is 14.5 Å². The number of allylic oxidation sites excluding steroid dienone is 2. The van der Waals surface area contributed by atoms with Crippen LogP contribution in [0.1, 0.15) is 43.3 Å². The minimum absolute atomic E-state index is 0.0110. The number of carbonyl (C=O) groups is 1. The first-order chi connectivity index (χ1) is 26.2. The third-order valence-electron chi connectivity index (χ3n) is 8.72. The number of benzene rings is 2. The predicted octanol–water partition coefficient (Wildman–Crippen LogP) is 6.34. The van der Waals surface area contributed by atoms with Crippen LogP contribution in [0.4, 0.5) is 36.6 Å². The van der Waals surface area contributed by atoms with Gasteiger partial charge < -0.3 is 20.7 Å². The highest BCUT2D eigenvalue weighted by Gasteiger charge is 2.49. The van der Waals surface area contributed by atoms with Crippen molar-refractivity contribution in [2.45, 2.75) is 50.7 Å². The Morgan fingerprint density at radius 3 is 2.50 bits per heavy atom. The number of nitrogens with one attached hydrogen (secondary N) is 2. The zero-order chi connectivity index (χ0) is 41.3. The molecule has 0 aliphatic heterocycles. The van der Waals surface area contributed by atoms with Crippen LogP contribution < -0.4 is 15.8 Å². The number of pyridine rings is 1. The first kappa shape index (κ1) is 42.3. The molecule has 4 aromatic rings. The van der Waals surface area contributed by atoms with Gasteiger partial charge in [-0.25, -0.2) is 26.9 Å². The van der Waals surface area contributed by atoms with Crippen LogP contribution in [-0.4, -0.2) is 73.5 Å². The molecule has 0 saturated heterocycles. The van der Waals surface area contributed by atoms with Crippen molar-refractivity contribution in [3.8, 4) is 23.0 Å². The number of aliphatic hydroxyl groups is 1. The lowest BCUT2D eigenvalue weighted by molar-refractivity contribution is -0.120. The summed E-state index contributed by atoms with van der Waals surface area (Å²) < 4.78 is 116. The molecular weight excluding hydrogens is 791 g/mol. The summed E-state index contributed by atoms with van der Waals surface area (Å²) in [6, 6.07) is 7.35. The van der Waals surface area contributed by atoms with Crippen molar-refractivity contribution < 1.29 is 45.2 Å². The average Bonchev–Trinajstić information content (AvgIpc) is 3.55. The zero-order valence-corrected chi connectivity index (χ0v) is 31.7. The van der Waals surface area contributed by atoms with Crippen LogP contribution in [0.5, 0.6) is 0 Å². The van der Waals surface area contributed by atoms with Crippen molar-refractivity contribution in [3.05, 3.63) is 87.3 Å². The van der Waals surface area contributed by atoms with Crippen LogP contribution in [0.3, 0.4) is 0 Å². The molecule has 2 aromatic heterocycles. The quantitative estimate of drug-likeness (QED) is 0.0783. The lowest BCUT2D eigenvalue weighted by Gasteiger charge is -2.22. The van der Waals surface area contributed by atoms with Gasteiger partial charge in [0.05, 0.1) is 44.7 Å². The highest BCUT2D eigenvalue weighted by molar-refractivity contribution is 7.92. The number of fused-ring (bicyclic) bond motifs is 1. The van der Waals surface area contributed by atoms with Gasteiger partial charge in [-0.05, 0) is 61.1 Å². The first-order valence-electron chi connectivity index (χ1n) is 16.7. The summed E-state index contributed by atoms with van der Waals surface area (Å²) in [5, 5.41) is 17.8. The van der Waals surface area contributed by atoms with Gasteiger partial charge in [0, 0.05) is 36.2 Å². The normalized spacial score (nSPS) is 19.1. The summed E-state index contributed by atoms with van der Waals surface area (Å²) in [6.07, 6.45) is -3.11. The van der Waals surface area contributed by atoms with E-state index >= 15 is 8.78 Å². The molecule has 5 N–H and O–H groups in total. The van der Waals surface area contributed by atoms with Gasteiger partial charge in [0.15, 0.2) is 5.60 Å². The first-order valence-corrected chi connectivity index (χ1v) is 18.7. The maximum atomic E-state index is 15.0. The predicted molar refractivity (Wildman–Crippen MR) is 199 cm³/mol. The molecule has 5 rings (SSSR count). The number of rotatable bonds is 11. The second-order valence-electron chi connectivity index (χ2n) is 13.4. The number of nitrogens with two attached hydrogens (primary N) is 1. The highest BCUT2D eigenvalue weighted by atomic mass is 35.5. The number of halogens is 8. The van der Waals surface area contributed by atoms with Crippen molar-refractivity contribution in [3.63, 3.8) is 0 Å². The van der Waals surface area contributed by atoms with Crippen LogP contribution in [-0.2, 0) is 29.6 Å². The number of hydrogen-bond donors (Lipinski definition) is 4. The molecule has 2 heterocycles. The molecule has 19 heteroatoms. The number of anilines is 1. The average molecular weight is 826 g/mol. The van der Waals surface area contributed by atoms with Crippen molar-refractivity contribution >= 4 is 51.3 Å². The Kier molecular flexibility index (Phi) is 12.6. The van der Waals surface area contributed by atoms with Gasteiger partial charge in [-0.2, -0.15) is 18.6 Å². The molecule has 56 heavy (non-hydrogen) atoms. The second kappa shape index (κ2) is 16.7. The van der Waals surface area contributed by atoms with Crippen molar-refractivity contribution in [2.75, 3.05) is 24.2 Å². The van der Waals surface area contributed by atoms with Crippen molar-refractivity contribution in [1.82, 2.24) is 20.1 Å². The Labute approximate surface area is 324 Å². The third-order valence-corrected chi connectivity index (χ3v) is 9.52. The van der Waals surface area contributed by atoms with E-state index in [9.17, 15) is 36.4 Å². The van der Waals surface area contributed by atoms with Crippen LogP contribution in [0.2, 0.25) is 5.02 Å². The molecule has 4 atom stereocenters. The summed E-state index contributed by atoms with van der Waals surface area (Å²) in [6.45, 7) is 0.180. The number of hydrogen-bond acceptors (Lipinski definition) is 8. The van der Waals surface area contributed by atoms with Crippen LogP contribution in [0.25, 0.3) is 22.0 Å². The molecule has 2 aromatic carbocycles. The molecule has 0 bridgehead atoms. The van der Waals surface area contributed by atoms with E-state index in [1.165, 1.54) is 36.1 Å². The molecule has 0 radical (unpaired) electrons. The van der Waals surface area contributed by atoms with Crippen molar-refractivity contribution in [1.29, 1.82) is 0 Å². The van der Waals surface area contributed by atoms with E-state index in [-0.39, 0.29) is 39.8 Å². The van der Waals surface area contributed by atoms with Gasteiger partial charge in [0.2, 0.25) is 11.7 Å². The standard InChI is InChI=1S/C37H35ClF7N7O3S/c1-18-15-37(44,45)33(28(18)30(46)34(42)43)47-16-27(53)49-26(13-19-11-20(40)14-21(41)12-19)31-23(6-5-22(48-31)9-10-36(2,54)17-39)24-7-8-25(38)29-32(24)52(3)50-35(29)51-56(4)55/h5-8,11-12,14,18,26,34,54H,13,15-17,46H2,1-4H3,(H,49,53)(H,50,51)/t18-,26-,36?,56?/m0/s1. The molecule has 10 nitrogen and oxygen atoms in total. The van der Waals surface area contributed by atoms with Gasteiger partial charge in [-0.15, -0.1) is 0 Å². The molecular formula is C37H35ClF7N7O3S. The van der Waals surface area contributed by atoms with E-state index in [0.717, 1.165) is 19.1 Å². The Morgan fingerprint density at radius 1 is 1.21 bits per heavy atom. The van der Waals surface area contributed by atoms with Gasteiger partial charge in [0.25, 0.3) is 12.3 Å². The topological polar surface area (TPSA) is 154 Å². The lowest BCUT2D eigenvalue weighted by atomic mass is 9.93. The molecule has 1 fully saturated rings. The van der Waals surface area contributed by atoms with E-state index < -0.39 is 95.4 Å². The number of aliphatic imine (C=N–C) groups is 1. The Bertz CT molecular complexity index is 2270. The maximum absolute atomic E-state index is 15.0. The largest absolute Gasteiger partial charge is 0.593 e. The molecule has 0 spiro atoms. The van der Waals surface area contributed by atoms with Gasteiger partial charge in [0.1, 0.15) is 42.5 Å². The number of amides is 1. The van der Waals surface area contributed by atoms with E-state index in [4.69, 9.17) is 17.3 Å². The summed E-state index contributed by atoms with van der Waals surface area (Å²) >= 11 is 5.02. The molecule has 1 aliphatic carbocycles. The number of carbonyl (C=O) groups excluding carboxylic acids is 1. The Morgan fingerprint density at radius 2 is 1.88 bits per heavy atom. The van der Waals surface area contributed by atoms with E-state index in [1.54, 1.807) is 13.1 Å². The smallest absolute Gasteiger partial charge is 0.290 e. The molecule has 1 amide bonds. The van der Waals surface area contributed by atoms with Crippen LogP contribution in [0.15, 0.2) is 58.7 Å². The second-order valence-corrected chi connectivity index (χ2v) is 14.9. The van der Waals surface area contributed by atoms with Crippen LogP contribution in [0, 0.1) is 29.4 Å². The fourth-order valence-electron chi connectivity index (χ4n) is 6.40. The monoisotopic (exact) mass is 825 g/mol. The van der Waals surface area contributed by atoms with Crippen LogP contribution >= 0.6 is 11.6 Å². The molecule has 1 saturated carbocycles. The highest BCUT2D eigenvalue weighted by Crippen LogP contribution is 2.43.